The summed E-state index contributed by atoms with van der Waals surface area (Å²) in [6, 6.07) is 0. The van der Waals surface area contributed by atoms with Crippen molar-refractivity contribution in [1.29, 1.82) is 0 Å². The molecule has 0 rings (SSSR count). The van der Waals surface area contributed by atoms with Crippen molar-refractivity contribution >= 4 is 33.3 Å². The third-order valence-electron chi connectivity index (χ3n) is 1.25. The molecule has 0 unspecified atom stereocenters. The van der Waals surface area contributed by atoms with E-state index >= 15 is 0 Å². The van der Waals surface area contributed by atoms with E-state index in [2.05, 4.69) is 23.2 Å². The van der Waals surface area contributed by atoms with Crippen molar-refractivity contribution in [3.05, 3.63) is 0 Å². The average Bonchev–Trinajstić information content (AvgIpc) is 1.96. The van der Waals surface area contributed by atoms with Gasteiger partial charge in [-0.1, -0.05) is 23.2 Å². The van der Waals surface area contributed by atoms with E-state index in [0.29, 0.717) is 0 Å². The highest BCUT2D eigenvalue weighted by Gasteiger charge is 2.73. The summed E-state index contributed by atoms with van der Waals surface area (Å²) in [6.45, 7) is 0. The summed E-state index contributed by atoms with van der Waals surface area (Å²) in [6.07, 6.45) is -12.4. The van der Waals surface area contributed by atoms with Gasteiger partial charge < -0.3 is 0 Å². The predicted molar refractivity (Wildman–Crippen MR) is 43.0 cm³/mol. The van der Waals surface area contributed by atoms with Crippen LogP contribution in [0.1, 0.15) is 0 Å². The fourth-order valence-corrected chi connectivity index (χ4v) is 0.848. The van der Waals surface area contributed by atoms with Gasteiger partial charge in [0.1, 0.15) is 0 Å². The van der Waals surface area contributed by atoms with Gasteiger partial charge in [0.15, 0.2) is 0 Å². The zero-order chi connectivity index (χ0) is 15.2. The second-order valence-electron chi connectivity index (χ2n) is 2.63. The Hall–Kier alpha value is -0.0400. The predicted octanol–water partition coefficient (Wildman–Crippen LogP) is 2.77. The Balaban J connectivity index is 5.47. The van der Waals surface area contributed by atoms with Gasteiger partial charge in [-0.2, -0.15) is 39.2 Å². The molecule has 0 bridgehead atoms. The molecular formula is C4HCl2F7O4S. The van der Waals surface area contributed by atoms with Crippen LogP contribution in [-0.4, -0.2) is 35.0 Å². The Labute approximate surface area is 104 Å². The van der Waals surface area contributed by atoms with E-state index in [0.717, 1.165) is 0 Å². The highest BCUT2D eigenvalue weighted by Crippen LogP contribution is 2.48. The van der Waals surface area contributed by atoms with Crippen molar-refractivity contribution in [2.75, 3.05) is 0 Å². The molecule has 0 atom stereocenters. The number of halogens is 9. The van der Waals surface area contributed by atoms with Crippen LogP contribution in [0.4, 0.5) is 30.7 Å². The lowest BCUT2D eigenvalue weighted by atomic mass is 10.6. The van der Waals surface area contributed by atoms with Crippen molar-refractivity contribution in [2.24, 2.45) is 0 Å². The van der Waals surface area contributed by atoms with E-state index in [-0.39, 0.29) is 0 Å². The molecule has 0 aromatic carbocycles. The molecular weight excluding hydrogens is 348 g/mol. The Bertz CT molecular complexity index is 416. The van der Waals surface area contributed by atoms with Gasteiger partial charge >= 0.3 is 32.2 Å². The molecule has 0 fully saturated rings. The average molecular weight is 349 g/mol. The monoisotopic (exact) mass is 348 g/mol. The van der Waals surface area contributed by atoms with Crippen LogP contribution in [0.2, 0.25) is 0 Å². The van der Waals surface area contributed by atoms with Gasteiger partial charge in [-0.15, -0.1) is 0 Å². The standard InChI is InChI=1S/C4HCl2F7O4S/c5-1(6,7)2(8,9)17-3(10,11)4(12,13)18(14,15)16/h(H,14,15,16). The van der Waals surface area contributed by atoms with Gasteiger partial charge in [0.25, 0.3) is 0 Å². The normalized spacial score (nSPS) is 15.9. The first-order valence-electron chi connectivity index (χ1n) is 3.33. The third kappa shape index (κ3) is 3.29. The van der Waals surface area contributed by atoms with Crippen molar-refractivity contribution in [3.8, 4) is 0 Å². The minimum absolute atomic E-state index is 1.99. The van der Waals surface area contributed by atoms with E-state index < -0.39 is 32.2 Å². The van der Waals surface area contributed by atoms with E-state index in [1.807, 2.05) is 4.74 Å². The van der Waals surface area contributed by atoms with Crippen LogP contribution in [-0.2, 0) is 14.9 Å². The Kier molecular flexibility index (Phi) is 4.50. The summed E-state index contributed by atoms with van der Waals surface area (Å²) >= 11 is 8.06. The number of rotatable bonds is 5. The molecule has 0 aromatic heterocycles. The molecule has 0 amide bonds. The summed E-state index contributed by atoms with van der Waals surface area (Å²) in [5.41, 5.74) is 0. The molecule has 0 spiro atoms. The van der Waals surface area contributed by atoms with Gasteiger partial charge in [-0.05, 0) is 0 Å². The lowest BCUT2D eigenvalue weighted by Gasteiger charge is -2.29. The summed E-state index contributed by atoms with van der Waals surface area (Å²) in [5, 5.41) is -6.48. The zero-order valence-electron chi connectivity index (χ0n) is 7.48. The Morgan fingerprint density at radius 3 is 1.44 bits per heavy atom. The van der Waals surface area contributed by atoms with Crippen LogP contribution >= 0.6 is 23.2 Å². The number of hydrogen-bond acceptors (Lipinski definition) is 3. The molecule has 0 aliphatic rings. The topological polar surface area (TPSA) is 63.6 Å². The van der Waals surface area contributed by atoms with E-state index in [9.17, 15) is 39.2 Å². The van der Waals surface area contributed by atoms with Crippen molar-refractivity contribution in [1.82, 2.24) is 0 Å². The maximum atomic E-state index is 12.4. The van der Waals surface area contributed by atoms with E-state index in [4.69, 9.17) is 4.55 Å². The first kappa shape index (κ1) is 18.0. The van der Waals surface area contributed by atoms with Crippen LogP contribution in [0.3, 0.4) is 0 Å². The number of alkyl halides is 9. The quantitative estimate of drug-likeness (QED) is 0.471. The maximum absolute atomic E-state index is 12.4. The minimum Gasteiger partial charge on any atom is -0.281 e. The Morgan fingerprint density at radius 1 is 0.889 bits per heavy atom. The summed E-state index contributed by atoms with van der Waals surface area (Å²) in [4.78, 5) is 0. The molecule has 14 heteroatoms. The van der Waals surface area contributed by atoms with Crippen LogP contribution < -0.4 is 0 Å². The van der Waals surface area contributed by atoms with Gasteiger partial charge in [-0.25, -0.2) is 4.74 Å². The lowest BCUT2D eigenvalue weighted by Crippen LogP contribution is -2.54. The largest absolute Gasteiger partial charge is 0.460 e. The van der Waals surface area contributed by atoms with E-state index in [1.54, 1.807) is 0 Å². The van der Waals surface area contributed by atoms with Crippen molar-refractivity contribution < 1.29 is 48.4 Å². The smallest absolute Gasteiger partial charge is 0.281 e. The van der Waals surface area contributed by atoms with Crippen LogP contribution in [0.15, 0.2) is 0 Å². The molecule has 0 saturated heterocycles. The molecule has 0 radical (unpaired) electrons. The van der Waals surface area contributed by atoms with Crippen molar-refractivity contribution in [2.45, 2.75) is 22.1 Å². The molecule has 0 saturated carbocycles. The second kappa shape index (κ2) is 4.51. The third-order valence-corrected chi connectivity index (χ3v) is 2.57. The highest BCUT2D eigenvalue weighted by molar-refractivity contribution is 7.86. The highest BCUT2D eigenvalue weighted by atomic mass is 35.5. The molecule has 4 nitrogen and oxygen atoms in total. The molecule has 0 heterocycles. The second-order valence-corrected chi connectivity index (χ2v) is 5.32. The lowest BCUT2D eigenvalue weighted by molar-refractivity contribution is -0.424. The van der Waals surface area contributed by atoms with Crippen molar-refractivity contribution in [3.63, 3.8) is 0 Å². The van der Waals surface area contributed by atoms with Crippen LogP contribution in [0.25, 0.3) is 0 Å². The van der Waals surface area contributed by atoms with E-state index in [1.165, 1.54) is 0 Å². The maximum Gasteiger partial charge on any atom is 0.460 e. The van der Waals surface area contributed by atoms with Gasteiger partial charge in [0.2, 0.25) is 0 Å². The SMILES string of the molecule is O=S(=O)(O)C(F)(F)C(F)(F)OC(F)(F)C(F)(Cl)Cl. The van der Waals surface area contributed by atoms with Crippen LogP contribution in [0.5, 0.6) is 0 Å². The number of ether oxygens (including phenoxy) is 1. The molecule has 110 valence electrons. The fraction of sp³-hybridized carbons (Fsp3) is 1.00. The van der Waals surface area contributed by atoms with Gasteiger partial charge in [-0.3, -0.25) is 4.55 Å². The first-order valence-corrected chi connectivity index (χ1v) is 5.53. The molecule has 0 aromatic rings. The van der Waals surface area contributed by atoms with Crippen LogP contribution in [0, 0.1) is 0 Å². The zero-order valence-corrected chi connectivity index (χ0v) is 9.81. The Morgan fingerprint density at radius 2 is 1.22 bits per heavy atom. The molecule has 1 N–H and O–H groups in total. The summed E-state index contributed by atoms with van der Waals surface area (Å²) in [5.74, 6) is 0. The molecule has 0 aliphatic carbocycles. The number of hydrogen-bond donors (Lipinski definition) is 1. The fourth-order valence-electron chi connectivity index (χ4n) is 0.428. The molecule has 18 heavy (non-hydrogen) atoms. The summed E-state index contributed by atoms with van der Waals surface area (Å²) < 4.78 is 111. The summed E-state index contributed by atoms with van der Waals surface area (Å²) in [7, 11) is -6.83. The molecule has 0 aliphatic heterocycles. The van der Waals surface area contributed by atoms with Gasteiger partial charge in [0, 0.05) is 0 Å². The first-order chi connectivity index (χ1) is 7.46. The minimum atomic E-state index is -6.83. The van der Waals surface area contributed by atoms with Gasteiger partial charge in [0.05, 0.1) is 0 Å².